The fourth-order valence-electron chi connectivity index (χ4n) is 2.40. The van der Waals surface area contributed by atoms with Gasteiger partial charge in [-0.3, -0.25) is 0 Å². The molecule has 2 aromatic rings. The number of nitrogens with zero attached hydrogens (tertiary/aromatic N) is 3. The summed E-state index contributed by atoms with van der Waals surface area (Å²) in [5.41, 5.74) is 1.06. The van der Waals surface area contributed by atoms with Gasteiger partial charge in [0.05, 0.1) is 5.02 Å². The SMILES string of the molecule is Fc1ccc(N2CCN(c3ccc(Cl)cn3)CC2)cc1. The van der Waals surface area contributed by atoms with Crippen LogP contribution < -0.4 is 9.80 Å². The lowest BCUT2D eigenvalue weighted by Gasteiger charge is -2.36. The monoisotopic (exact) mass is 291 g/mol. The van der Waals surface area contributed by atoms with E-state index in [4.69, 9.17) is 11.6 Å². The summed E-state index contributed by atoms with van der Waals surface area (Å²) < 4.78 is 12.9. The molecule has 1 fully saturated rings. The number of hydrogen-bond acceptors (Lipinski definition) is 3. The molecular weight excluding hydrogens is 277 g/mol. The topological polar surface area (TPSA) is 19.4 Å². The summed E-state index contributed by atoms with van der Waals surface area (Å²) in [6, 6.07) is 10.5. The summed E-state index contributed by atoms with van der Waals surface area (Å²) in [6.07, 6.45) is 1.67. The Kier molecular flexibility index (Phi) is 3.74. The minimum Gasteiger partial charge on any atom is -0.368 e. The van der Waals surface area contributed by atoms with E-state index in [2.05, 4.69) is 14.8 Å². The molecule has 5 heteroatoms. The summed E-state index contributed by atoms with van der Waals surface area (Å²) in [7, 11) is 0. The first-order valence-corrected chi connectivity index (χ1v) is 6.97. The lowest BCUT2D eigenvalue weighted by molar-refractivity contribution is 0.624. The van der Waals surface area contributed by atoms with Crippen molar-refractivity contribution in [3.8, 4) is 0 Å². The molecule has 0 radical (unpaired) electrons. The number of hydrogen-bond donors (Lipinski definition) is 0. The van der Waals surface area contributed by atoms with Crippen LogP contribution in [0, 0.1) is 5.82 Å². The molecule has 0 aliphatic carbocycles. The summed E-state index contributed by atoms with van der Waals surface area (Å²) in [6.45, 7) is 3.59. The summed E-state index contributed by atoms with van der Waals surface area (Å²) in [5, 5.41) is 0.652. The van der Waals surface area contributed by atoms with Crippen molar-refractivity contribution in [1.29, 1.82) is 0 Å². The Morgan fingerprint density at radius 3 is 2.15 bits per heavy atom. The molecule has 1 aromatic carbocycles. The first-order chi connectivity index (χ1) is 9.72. The maximum absolute atomic E-state index is 12.9. The Bertz CT molecular complexity index is 509. The predicted octanol–water partition coefficient (Wildman–Crippen LogP) is 3.20. The minimum atomic E-state index is -0.197. The van der Waals surface area contributed by atoms with Crippen molar-refractivity contribution in [2.75, 3.05) is 36.0 Å². The molecule has 0 amide bonds. The summed E-state index contributed by atoms with van der Waals surface area (Å²) >= 11 is 5.85. The van der Waals surface area contributed by atoms with E-state index in [1.54, 1.807) is 6.20 Å². The van der Waals surface area contributed by atoms with Crippen LogP contribution in [0.5, 0.6) is 0 Å². The number of piperazine rings is 1. The van der Waals surface area contributed by atoms with E-state index >= 15 is 0 Å². The van der Waals surface area contributed by atoms with Crippen LogP contribution in [0.2, 0.25) is 5.02 Å². The van der Waals surface area contributed by atoms with Gasteiger partial charge in [-0.05, 0) is 36.4 Å². The molecule has 0 atom stereocenters. The highest BCUT2D eigenvalue weighted by Gasteiger charge is 2.18. The Morgan fingerprint density at radius 2 is 1.55 bits per heavy atom. The first-order valence-electron chi connectivity index (χ1n) is 6.59. The standard InChI is InChI=1S/C15H15ClFN3/c16-12-1-6-15(18-11-12)20-9-7-19(8-10-20)14-4-2-13(17)3-5-14/h1-6,11H,7-10H2. The van der Waals surface area contributed by atoms with Crippen LogP contribution in [0.25, 0.3) is 0 Å². The van der Waals surface area contributed by atoms with Crippen LogP contribution in [0.3, 0.4) is 0 Å². The molecule has 0 saturated carbocycles. The van der Waals surface area contributed by atoms with Crippen LogP contribution in [0.1, 0.15) is 0 Å². The minimum absolute atomic E-state index is 0.197. The Morgan fingerprint density at radius 1 is 0.900 bits per heavy atom. The van der Waals surface area contributed by atoms with Crippen molar-refractivity contribution < 1.29 is 4.39 Å². The molecule has 20 heavy (non-hydrogen) atoms. The maximum atomic E-state index is 12.9. The van der Waals surface area contributed by atoms with Gasteiger partial charge in [0.2, 0.25) is 0 Å². The van der Waals surface area contributed by atoms with Gasteiger partial charge in [-0.25, -0.2) is 9.37 Å². The number of rotatable bonds is 2. The van der Waals surface area contributed by atoms with Crippen molar-refractivity contribution in [2.45, 2.75) is 0 Å². The van der Waals surface area contributed by atoms with Gasteiger partial charge in [-0.1, -0.05) is 11.6 Å². The smallest absolute Gasteiger partial charge is 0.128 e. The molecule has 0 N–H and O–H groups in total. The zero-order valence-electron chi connectivity index (χ0n) is 11.0. The predicted molar refractivity (Wildman–Crippen MR) is 80.1 cm³/mol. The zero-order chi connectivity index (χ0) is 13.9. The fourth-order valence-corrected chi connectivity index (χ4v) is 2.51. The molecule has 0 bridgehead atoms. The molecule has 2 heterocycles. The van der Waals surface area contributed by atoms with Crippen LogP contribution in [-0.4, -0.2) is 31.2 Å². The normalized spacial score (nSPS) is 15.5. The first kappa shape index (κ1) is 13.2. The lowest BCUT2D eigenvalue weighted by Crippen LogP contribution is -2.46. The summed E-state index contributed by atoms with van der Waals surface area (Å²) in [4.78, 5) is 8.83. The third-order valence-corrected chi connectivity index (χ3v) is 3.73. The lowest BCUT2D eigenvalue weighted by atomic mass is 10.2. The second kappa shape index (κ2) is 5.67. The van der Waals surface area contributed by atoms with E-state index in [0.29, 0.717) is 5.02 Å². The average Bonchev–Trinajstić information content (AvgIpc) is 2.49. The molecule has 3 rings (SSSR count). The summed E-state index contributed by atoms with van der Waals surface area (Å²) in [5.74, 6) is 0.755. The highest BCUT2D eigenvalue weighted by molar-refractivity contribution is 6.30. The van der Waals surface area contributed by atoms with Gasteiger partial charge in [-0.15, -0.1) is 0 Å². The number of aromatic nitrogens is 1. The van der Waals surface area contributed by atoms with Gasteiger partial charge in [0.15, 0.2) is 0 Å². The molecule has 0 unspecified atom stereocenters. The van der Waals surface area contributed by atoms with Crippen molar-refractivity contribution in [1.82, 2.24) is 4.98 Å². The van der Waals surface area contributed by atoms with Crippen molar-refractivity contribution in [3.05, 3.63) is 53.4 Å². The van der Waals surface area contributed by atoms with E-state index in [1.165, 1.54) is 12.1 Å². The largest absolute Gasteiger partial charge is 0.368 e. The van der Waals surface area contributed by atoms with Gasteiger partial charge in [0.25, 0.3) is 0 Å². The van der Waals surface area contributed by atoms with Crippen LogP contribution in [0.15, 0.2) is 42.6 Å². The second-order valence-electron chi connectivity index (χ2n) is 4.79. The quantitative estimate of drug-likeness (QED) is 0.847. The highest BCUT2D eigenvalue weighted by Crippen LogP contribution is 2.20. The highest BCUT2D eigenvalue weighted by atomic mass is 35.5. The average molecular weight is 292 g/mol. The van der Waals surface area contributed by atoms with Gasteiger partial charge >= 0.3 is 0 Å². The molecule has 1 aromatic heterocycles. The van der Waals surface area contributed by atoms with Crippen molar-refractivity contribution in [2.24, 2.45) is 0 Å². The Labute approximate surface area is 122 Å². The van der Waals surface area contributed by atoms with E-state index in [1.807, 2.05) is 24.3 Å². The van der Waals surface area contributed by atoms with Crippen LogP contribution in [0.4, 0.5) is 15.9 Å². The zero-order valence-corrected chi connectivity index (χ0v) is 11.7. The Hall–Kier alpha value is -1.81. The maximum Gasteiger partial charge on any atom is 0.128 e. The third-order valence-electron chi connectivity index (χ3n) is 3.51. The molecule has 1 saturated heterocycles. The molecule has 3 nitrogen and oxygen atoms in total. The van der Waals surface area contributed by atoms with Gasteiger partial charge in [0.1, 0.15) is 11.6 Å². The van der Waals surface area contributed by atoms with E-state index in [0.717, 1.165) is 37.7 Å². The number of anilines is 2. The number of pyridine rings is 1. The van der Waals surface area contributed by atoms with E-state index in [9.17, 15) is 4.39 Å². The van der Waals surface area contributed by atoms with Gasteiger partial charge in [0, 0.05) is 38.1 Å². The van der Waals surface area contributed by atoms with E-state index in [-0.39, 0.29) is 5.82 Å². The van der Waals surface area contributed by atoms with Gasteiger partial charge in [-0.2, -0.15) is 0 Å². The molecular formula is C15H15ClFN3. The van der Waals surface area contributed by atoms with Crippen LogP contribution in [-0.2, 0) is 0 Å². The number of benzene rings is 1. The van der Waals surface area contributed by atoms with E-state index < -0.39 is 0 Å². The van der Waals surface area contributed by atoms with Crippen molar-refractivity contribution in [3.63, 3.8) is 0 Å². The molecule has 1 aliphatic rings. The molecule has 1 aliphatic heterocycles. The van der Waals surface area contributed by atoms with Crippen LogP contribution >= 0.6 is 11.6 Å². The third kappa shape index (κ3) is 2.85. The fraction of sp³-hybridized carbons (Fsp3) is 0.267. The number of halogens is 2. The molecule has 104 valence electrons. The Balaban J connectivity index is 1.64. The second-order valence-corrected chi connectivity index (χ2v) is 5.22. The van der Waals surface area contributed by atoms with Gasteiger partial charge < -0.3 is 9.80 Å². The molecule has 0 spiro atoms. The van der Waals surface area contributed by atoms with Crippen molar-refractivity contribution >= 4 is 23.1 Å².